The molecule has 236 valence electrons. The number of halogens is 1. The number of carboxylic acid groups (broad SMARTS) is 1. The van der Waals surface area contributed by atoms with Crippen LogP contribution in [0.25, 0.3) is 23.1 Å². The molecule has 3 aromatic carbocycles. The van der Waals surface area contributed by atoms with Crippen LogP contribution in [0.1, 0.15) is 65.8 Å². The van der Waals surface area contributed by atoms with E-state index in [-0.39, 0.29) is 30.5 Å². The van der Waals surface area contributed by atoms with Gasteiger partial charge in [-0.3, -0.25) is 4.79 Å². The number of ether oxygens (including phenoxy) is 2. The number of hydrogen-bond acceptors (Lipinski definition) is 6. The van der Waals surface area contributed by atoms with Gasteiger partial charge in [-0.2, -0.15) is 11.8 Å². The first-order valence-corrected chi connectivity index (χ1v) is 16.6. The van der Waals surface area contributed by atoms with E-state index >= 15 is 0 Å². The minimum atomic E-state index is -1.16. The van der Waals surface area contributed by atoms with Crippen molar-refractivity contribution < 1.29 is 24.5 Å². The number of methoxy groups -OCH3 is 1. The third-order valence-corrected chi connectivity index (χ3v) is 10.3. The number of rotatable bonds is 16. The Kier molecular flexibility index (Phi) is 11.0. The number of carbonyl (C=O) groups is 1. The largest absolute Gasteiger partial charge is 0.481 e. The second-order valence-electron chi connectivity index (χ2n) is 12.2. The lowest BCUT2D eigenvalue weighted by Crippen LogP contribution is -2.29. The fourth-order valence-corrected chi connectivity index (χ4v) is 7.42. The molecule has 1 heterocycles. The summed E-state index contributed by atoms with van der Waals surface area (Å²) < 4.78 is 10.5. The second-order valence-corrected chi connectivity index (χ2v) is 13.8. The standard InChI is InChI=1S/C37H40ClNO5S/c1-36(42,23-44-25-43-2)32-9-4-3-7-27(32)13-17-34(45-24-37(18-19-37)22-35(40)41)29-8-5-6-26(20-29)10-15-31-16-12-28-11-14-30(38)21-33(28)39-31/h3-12,14-16,20-21,34,42H,13,17-19,22-25H2,1-2H3,(H,40,41)/b15-10+/t34-,36?/m1/s1. The Morgan fingerprint density at radius 3 is 2.67 bits per heavy atom. The number of benzene rings is 3. The molecule has 1 aliphatic carbocycles. The molecule has 1 aliphatic rings. The van der Waals surface area contributed by atoms with Crippen LogP contribution in [0.2, 0.25) is 5.02 Å². The monoisotopic (exact) mass is 645 g/mol. The maximum Gasteiger partial charge on any atom is 0.303 e. The molecular formula is C37H40ClNO5S. The van der Waals surface area contributed by atoms with Gasteiger partial charge in [0.1, 0.15) is 12.4 Å². The number of aromatic nitrogens is 1. The van der Waals surface area contributed by atoms with Gasteiger partial charge in [0.25, 0.3) is 0 Å². The van der Waals surface area contributed by atoms with Crippen molar-refractivity contribution in [1.82, 2.24) is 4.98 Å². The van der Waals surface area contributed by atoms with Crippen molar-refractivity contribution in [3.8, 4) is 0 Å². The lowest BCUT2D eigenvalue weighted by molar-refractivity contribution is -0.138. The Morgan fingerprint density at radius 1 is 1.09 bits per heavy atom. The summed E-state index contributed by atoms with van der Waals surface area (Å²) in [5.41, 5.74) is 4.60. The van der Waals surface area contributed by atoms with Crippen molar-refractivity contribution in [3.63, 3.8) is 0 Å². The van der Waals surface area contributed by atoms with Crippen molar-refractivity contribution in [3.05, 3.63) is 112 Å². The lowest BCUT2D eigenvalue weighted by Gasteiger charge is -2.27. The molecule has 1 fully saturated rings. The van der Waals surface area contributed by atoms with E-state index in [0.717, 1.165) is 64.7 Å². The average Bonchev–Trinajstić information content (AvgIpc) is 3.78. The summed E-state index contributed by atoms with van der Waals surface area (Å²) in [7, 11) is 1.56. The number of hydrogen-bond donors (Lipinski definition) is 2. The van der Waals surface area contributed by atoms with Crippen LogP contribution in [-0.4, -0.2) is 47.4 Å². The van der Waals surface area contributed by atoms with Gasteiger partial charge in [0.15, 0.2) is 0 Å². The van der Waals surface area contributed by atoms with E-state index < -0.39 is 11.6 Å². The summed E-state index contributed by atoms with van der Waals surface area (Å²) in [4.78, 5) is 16.3. The smallest absolute Gasteiger partial charge is 0.303 e. The van der Waals surface area contributed by atoms with Crippen LogP contribution in [0, 0.1) is 5.41 Å². The summed E-state index contributed by atoms with van der Waals surface area (Å²) in [5.74, 6) is 0.0749. The fraction of sp³-hybridized carbons (Fsp3) is 0.351. The highest BCUT2D eigenvalue weighted by Gasteiger charge is 2.44. The van der Waals surface area contributed by atoms with Gasteiger partial charge in [-0.25, -0.2) is 4.98 Å². The Balaban J connectivity index is 1.36. The van der Waals surface area contributed by atoms with E-state index in [2.05, 4.69) is 36.4 Å². The van der Waals surface area contributed by atoms with Gasteiger partial charge in [0.05, 0.1) is 24.2 Å². The third-order valence-electron chi connectivity index (χ3n) is 8.34. The molecule has 1 unspecified atom stereocenters. The molecule has 0 spiro atoms. The number of thioether (sulfide) groups is 1. The Morgan fingerprint density at radius 2 is 1.89 bits per heavy atom. The van der Waals surface area contributed by atoms with Gasteiger partial charge in [-0.05, 0) is 84.6 Å². The Hall–Kier alpha value is -3.20. The fourth-order valence-electron chi connectivity index (χ4n) is 5.69. The van der Waals surface area contributed by atoms with Crippen LogP contribution in [0.5, 0.6) is 0 Å². The first-order valence-electron chi connectivity index (χ1n) is 15.2. The van der Waals surface area contributed by atoms with Crippen LogP contribution in [0.3, 0.4) is 0 Å². The van der Waals surface area contributed by atoms with Crippen molar-refractivity contribution in [2.24, 2.45) is 5.41 Å². The molecule has 2 atom stereocenters. The predicted octanol–water partition coefficient (Wildman–Crippen LogP) is 8.55. The van der Waals surface area contributed by atoms with E-state index in [1.807, 2.05) is 66.4 Å². The normalized spacial score (nSPS) is 16.1. The van der Waals surface area contributed by atoms with Crippen molar-refractivity contribution >= 4 is 52.4 Å². The lowest BCUT2D eigenvalue weighted by atomic mass is 9.89. The molecule has 8 heteroatoms. The summed E-state index contributed by atoms with van der Waals surface area (Å²) in [6, 6.07) is 26.2. The van der Waals surface area contributed by atoms with Gasteiger partial charge in [0.2, 0.25) is 0 Å². The number of aliphatic hydroxyl groups is 1. The van der Waals surface area contributed by atoms with Gasteiger partial charge in [-0.15, -0.1) is 0 Å². The number of pyridine rings is 1. The molecule has 2 N–H and O–H groups in total. The van der Waals surface area contributed by atoms with Crippen molar-refractivity contribution in [2.75, 3.05) is 26.3 Å². The number of aryl methyl sites for hydroxylation is 1. The Labute approximate surface area is 274 Å². The predicted molar refractivity (Wildman–Crippen MR) is 183 cm³/mol. The van der Waals surface area contributed by atoms with Crippen LogP contribution in [0.15, 0.2) is 78.9 Å². The zero-order valence-corrected chi connectivity index (χ0v) is 27.3. The van der Waals surface area contributed by atoms with Gasteiger partial charge < -0.3 is 19.7 Å². The van der Waals surface area contributed by atoms with Crippen molar-refractivity contribution in [1.29, 1.82) is 0 Å². The SMILES string of the molecule is COCOCC(C)(O)c1ccccc1CC[C@@H](SCC1(CC(=O)O)CC1)c1cccc(/C=C/c2ccc3ccc(Cl)cc3n2)c1. The van der Waals surface area contributed by atoms with E-state index in [1.165, 1.54) is 5.56 Å². The summed E-state index contributed by atoms with van der Waals surface area (Å²) in [5, 5.41) is 22.6. The molecule has 4 aromatic rings. The third kappa shape index (κ3) is 9.18. The van der Waals surface area contributed by atoms with E-state index in [1.54, 1.807) is 14.0 Å². The number of aliphatic carboxylic acids is 1. The Bertz CT molecular complexity index is 1650. The summed E-state index contributed by atoms with van der Waals surface area (Å²) in [6.45, 7) is 2.01. The van der Waals surface area contributed by atoms with Crippen LogP contribution in [0.4, 0.5) is 0 Å². The molecule has 6 nitrogen and oxygen atoms in total. The van der Waals surface area contributed by atoms with Gasteiger partial charge >= 0.3 is 5.97 Å². The first kappa shape index (κ1) is 33.2. The maximum absolute atomic E-state index is 11.6. The number of fused-ring (bicyclic) bond motifs is 1. The number of carboxylic acids is 1. The molecule has 0 saturated heterocycles. The molecular weight excluding hydrogens is 606 g/mol. The van der Waals surface area contributed by atoms with Crippen LogP contribution < -0.4 is 0 Å². The van der Waals surface area contributed by atoms with Crippen molar-refractivity contribution in [2.45, 2.75) is 49.9 Å². The zero-order chi connectivity index (χ0) is 31.9. The molecule has 5 rings (SSSR count). The van der Waals surface area contributed by atoms with Crippen LogP contribution >= 0.6 is 23.4 Å². The topological polar surface area (TPSA) is 88.9 Å². The molecule has 0 amide bonds. The highest BCUT2D eigenvalue weighted by atomic mass is 35.5. The maximum atomic E-state index is 11.6. The van der Waals surface area contributed by atoms with E-state index in [9.17, 15) is 15.0 Å². The number of nitrogens with zero attached hydrogens (tertiary/aromatic N) is 1. The van der Waals surface area contributed by atoms with Gasteiger partial charge in [-0.1, -0.05) is 78.3 Å². The summed E-state index contributed by atoms with van der Waals surface area (Å²) in [6.07, 6.45) is 7.80. The molecule has 0 radical (unpaired) electrons. The van der Waals surface area contributed by atoms with Crippen LogP contribution in [-0.2, 0) is 26.3 Å². The van der Waals surface area contributed by atoms with E-state index in [0.29, 0.717) is 5.02 Å². The van der Waals surface area contributed by atoms with E-state index in [4.69, 9.17) is 26.1 Å². The summed E-state index contributed by atoms with van der Waals surface area (Å²) >= 11 is 8.03. The molecule has 0 bridgehead atoms. The minimum absolute atomic E-state index is 0.114. The highest BCUT2D eigenvalue weighted by molar-refractivity contribution is 7.99. The second kappa shape index (κ2) is 14.9. The zero-order valence-electron chi connectivity index (χ0n) is 25.7. The quantitative estimate of drug-likeness (QED) is 0.0932. The molecule has 45 heavy (non-hydrogen) atoms. The van der Waals surface area contributed by atoms with Gasteiger partial charge in [0, 0.05) is 28.5 Å². The first-order chi connectivity index (χ1) is 21.7. The molecule has 1 aromatic heterocycles. The molecule has 1 saturated carbocycles. The molecule has 0 aliphatic heterocycles. The average molecular weight is 646 g/mol. The minimum Gasteiger partial charge on any atom is -0.481 e. The highest BCUT2D eigenvalue weighted by Crippen LogP contribution is 2.53.